The Bertz CT molecular complexity index is 266. The van der Waals surface area contributed by atoms with Crippen LogP contribution in [0, 0.1) is 0 Å². The molecule has 0 unspecified atom stereocenters. The molecule has 1 aliphatic heterocycles. The van der Waals surface area contributed by atoms with Gasteiger partial charge in [-0.3, -0.25) is 0 Å². The van der Waals surface area contributed by atoms with Crippen LogP contribution in [-0.4, -0.2) is 23.9 Å². The molecule has 1 aromatic rings. The van der Waals surface area contributed by atoms with Crippen LogP contribution >= 0.6 is 0 Å². The van der Waals surface area contributed by atoms with Crippen molar-refractivity contribution in [3.63, 3.8) is 0 Å². The van der Waals surface area contributed by atoms with Crippen LogP contribution in [0.5, 0.6) is 0 Å². The van der Waals surface area contributed by atoms with E-state index in [2.05, 4.69) is 41.1 Å². The minimum absolute atomic E-state index is 1.23. The highest BCUT2D eigenvalue weighted by Gasteiger charge is 2.11. The summed E-state index contributed by atoms with van der Waals surface area (Å²) in [6.07, 6.45) is 4.96. The molecule has 0 saturated carbocycles. The summed E-state index contributed by atoms with van der Waals surface area (Å²) in [5.74, 6) is 0. The van der Waals surface area contributed by atoms with Gasteiger partial charge in [0, 0.05) is 18.4 Å². The molecule has 1 fully saturated rings. The smallest absolute Gasteiger partial charge is 0.170 e. The zero-order valence-electron chi connectivity index (χ0n) is 7.24. The van der Waals surface area contributed by atoms with Gasteiger partial charge in [0.15, 0.2) is 6.21 Å². The number of hydrogen-bond donors (Lipinski definition) is 0. The summed E-state index contributed by atoms with van der Waals surface area (Å²) in [4.78, 5) is 0. The Hall–Kier alpha value is -1.11. The quantitative estimate of drug-likeness (QED) is 0.552. The first-order valence-corrected chi connectivity index (χ1v) is 4.59. The Morgan fingerprint density at radius 2 is 1.67 bits per heavy atom. The highest BCUT2D eigenvalue weighted by atomic mass is 15.0. The maximum absolute atomic E-state index is 2.40. The molecule has 0 N–H and O–H groups in total. The van der Waals surface area contributed by atoms with Crippen LogP contribution in [0.25, 0.3) is 0 Å². The molecular formula is C11H14N+. The summed E-state index contributed by atoms with van der Waals surface area (Å²) in [7, 11) is 0. The van der Waals surface area contributed by atoms with Crippen molar-refractivity contribution >= 4 is 6.21 Å². The minimum Gasteiger partial charge on any atom is -0.236 e. The number of benzene rings is 1. The molecule has 1 aliphatic rings. The fraction of sp³-hybridized carbons (Fsp3) is 0.364. The Morgan fingerprint density at radius 3 is 2.33 bits per heavy atom. The third-order valence-corrected chi connectivity index (χ3v) is 2.27. The van der Waals surface area contributed by atoms with Gasteiger partial charge in [0.25, 0.3) is 0 Å². The van der Waals surface area contributed by atoms with Gasteiger partial charge in [-0.25, -0.2) is 4.58 Å². The van der Waals surface area contributed by atoms with Crippen LogP contribution in [-0.2, 0) is 0 Å². The fourth-order valence-corrected chi connectivity index (χ4v) is 1.62. The van der Waals surface area contributed by atoms with Gasteiger partial charge in [-0.2, -0.15) is 0 Å². The maximum Gasteiger partial charge on any atom is 0.170 e. The summed E-state index contributed by atoms with van der Waals surface area (Å²) in [5.41, 5.74) is 1.32. The van der Waals surface area contributed by atoms with E-state index >= 15 is 0 Å². The fourth-order valence-electron chi connectivity index (χ4n) is 1.62. The first-order chi connectivity index (χ1) is 5.95. The third-order valence-electron chi connectivity index (χ3n) is 2.27. The van der Waals surface area contributed by atoms with E-state index in [0.29, 0.717) is 0 Å². The lowest BCUT2D eigenvalue weighted by Gasteiger charge is -1.91. The highest BCUT2D eigenvalue weighted by molar-refractivity contribution is 5.75. The van der Waals surface area contributed by atoms with Gasteiger partial charge < -0.3 is 0 Å². The second kappa shape index (κ2) is 3.53. The first kappa shape index (κ1) is 7.53. The summed E-state index contributed by atoms with van der Waals surface area (Å²) < 4.78 is 2.40. The number of rotatable bonds is 1. The summed E-state index contributed by atoms with van der Waals surface area (Å²) >= 11 is 0. The minimum atomic E-state index is 1.23. The average Bonchev–Trinajstić information content (AvgIpc) is 2.59. The van der Waals surface area contributed by atoms with Crippen LogP contribution in [0.2, 0.25) is 0 Å². The molecule has 0 atom stereocenters. The molecule has 0 aromatic heterocycles. The maximum atomic E-state index is 2.40. The van der Waals surface area contributed by atoms with Gasteiger partial charge in [0.1, 0.15) is 13.1 Å². The molecule has 0 amide bonds. The van der Waals surface area contributed by atoms with E-state index in [1.165, 1.54) is 31.5 Å². The lowest BCUT2D eigenvalue weighted by Crippen LogP contribution is -2.07. The van der Waals surface area contributed by atoms with E-state index in [9.17, 15) is 0 Å². The van der Waals surface area contributed by atoms with Crippen LogP contribution in [0.15, 0.2) is 30.3 Å². The molecule has 1 saturated heterocycles. The SMILES string of the molecule is C(c1ccccc1)=[N+]1CCCC1. The molecule has 1 heteroatoms. The molecule has 12 heavy (non-hydrogen) atoms. The molecule has 62 valence electrons. The van der Waals surface area contributed by atoms with Gasteiger partial charge in [-0.15, -0.1) is 0 Å². The topological polar surface area (TPSA) is 3.01 Å². The highest BCUT2D eigenvalue weighted by Crippen LogP contribution is 2.02. The Morgan fingerprint density at radius 1 is 1.00 bits per heavy atom. The predicted molar refractivity (Wildman–Crippen MR) is 50.8 cm³/mol. The van der Waals surface area contributed by atoms with Crippen molar-refractivity contribution in [1.29, 1.82) is 0 Å². The lowest BCUT2D eigenvalue weighted by atomic mass is 10.2. The molecule has 1 nitrogen and oxygen atoms in total. The summed E-state index contributed by atoms with van der Waals surface area (Å²) in [6, 6.07) is 10.5. The zero-order valence-corrected chi connectivity index (χ0v) is 7.24. The largest absolute Gasteiger partial charge is 0.236 e. The Kier molecular flexibility index (Phi) is 2.21. The van der Waals surface area contributed by atoms with E-state index in [1.54, 1.807) is 0 Å². The summed E-state index contributed by atoms with van der Waals surface area (Å²) in [6.45, 7) is 2.46. The van der Waals surface area contributed by atoms with Crippen LogP contribution in [0.4, 0.5) is 0 Å². The standard InChI is InChI=1S/C11H14N/c1-2-6-11(7-3-1)10-12-8-4-5-9-12/h1-3,6-7,10H,4-5,8-9H2/q+1. The van der Waals surface area contributed by atoms with Crippen molar-refractivity contribution < 1.29 is 4.58 Å². The van der Waals surface area contributed by atoms with Crippen LogP contribution in [0.1, 0.15) is 18.4 Å². The third kappa shape index (κ3) is 1.73. The number of nitrogens with zero attached hydrogens (tertiary/aromatic N) is 1. The summed E-state index contributed by atoms with van der Waals surface area (Å²) in [5, 5.41) is 0. The molecule has 0 radical (unpaired) electrons. The van der Waals surface area contributed by atoms with Gasteiger partial charge in [-0.05, 0) is 12.1 Å². The monoisotopic (exact) mass is 160 g/mol. The lowest BCUT2D eigenvalue weighted by molar-refractivity contribution is -0.500. The van der Waals surface area contributed by atoms with Crippen LogP contribution in [0.3, 0.4) is 0 Å². The van der Waals surface area contributed by atoms with E-state index in [4.69, 9.17) is 0 Å². The van der Waals surface area contributed by atoms with Gasteiger partial charge in [0.2, 0.25) is 0 Å². The molecule has 1 heterocycles. The Labute approximate surface area is 73.4 Å². The zero-order chi connectivity index (χ0) is 8.23. The Balaban J connectivity index is 2.16. The van der Waals surface area contributed by atoms with E-state index in [0.717, 1.165) is 0 Å². The normalized spacial score (nSPS) is 16.5. The van der Waals surface area contributed by atoms with E-state index < -0.39 is 0 Å². The predicted octanol–water partition coefficient (Wildman–Crippen LogP) is 1.91. The molecule has 1 aromatic carbocycles. The molecule has 0 spiro atoms. The van der Waals surface area contributed by atoms with Crippen molar-refractivity contribution in [2.24, 2.45) is 0 Å². The second-order valence-corrected chi connectivity index (χ2v) is 3.28. The molecule has 0 aliphatic carbocycles. The second-order valence-electron chi connectivity index (χ2n) is 3.28. The molecule has 0 bridgehead atoms. The van der Waals surface area contributed by atoms with Gasteiger partial charge in [0.05, 0.1) is 0 Å². The van der Waals surface area contributed by atoms with Gasteiger partial charge in [-0.1, -0.05) is 18.2 Å². The molecule has 2 rings (SSSR count). The van der Waals surface area contributed by atoms with Gasteiger partial charge >= 0.3 is 0 Å². The van der Waals surface area contributed by atoms with Crippen molar-refractivity contribution in [1.82, 2.24) is 0 Å². The number of hydrogen-bond acceptors (Lipinski definition) is 0. The first-order valence-electron chi connectivity index (χ1n) is 4.59. The van der Waals surface area contributed by atoms with Crippen molar-refractivity contribution in [3.05, 3.63) is 35.9 Å². The van der Waals surface area contributed by atoms with Crippen molar-refractivity contribution in [2.45, 2.75) is 12.8 Å². The van der Waals surface area contributed by atoms with Crippen LogP contribution < -0.4 is 0 Å². The van der Waals surface area contributed by atoms with Crippen molar-refractivity contribution in [2.75, 3.05) is 13.1 Å². The molecular weight excluding hydrogens is 146 g/mol. The van der Waals surface area contributed by atoms with E-state index in [1.807, 2.05) is 0 Å². The van der Waals surface area contributed by atoms with E-state index in [-0.39, 0.29) is 0 Å². The average molecular weight is 160 g/mol. The van der Waals surface area contributed by atoms with Crippen molar-refractivity contribution in [3.8, 4) is 0 Å².